The number of hydrogen-bond donors (Lipinski definition) is 1. The van der Waals surface area contributed by atoms with Crippen molar-refractivity contribution >= 4 is 17.7 Å². The lowest BCUT2D eigenvalue weighted by molar-refractivity contribution is -0.133. The van der Waals surface area contributed by atoms with Crippen LogP contribution in [0.25, 0.3) is 0 Å². The first kappa shape index (κ1) is 12.7. The number of oxazole rings is 1. The van der Waals surface area contributed by atoms with Gasteiger partial charge in [0.05, 0.1) is 17.2 Å². The Labute approximate surface area is 109 Å². The van der Waals surface area contributed by atoms with Crippen molar-refractivity contribution in [3.05, 3.63) is 54.2 Å². The summed E-state index contributed by atoms with van der Waals surface area (Å²) in [4.78, 5) is 14.8. The number of benzene rings is 1. The first-order valence-corrected chi connectivity index (χ1v) is 6.57. The lowest BCUT2D eigenvalue weighted by atomic mass is 10.1. The van der Waals surface area contributed by atoms with Gasteiger partial charge in [-0.3, -0.25) is 4.79 Å². The van der Waals surface area contributed by atoms with Crippen molar-refractivity contribution in [2.24, 2.45) is 0 Å². The normalized spacial score (nSPS) is 12.2. The molecule has 2 aromatic rings. The third-order valence-electron chi connectivity index (χ3n) is 2.40. The highest BCUT2D eigenvalue weighted by atomic mass is 32.2. The van der Waals surface area contributed by atoms with Crippen LogP contribution < -0.4 is 0 Å². The number of hydrogen-bond acceptors (Lipinski definition) is 4. The summed E-state index contributed by atoms with van der Waals surface area (Å²) >= 11 is 1.33. The molecule has 1 unspecified atom stereocenters. The van der Waals surface area contributed by atoms with E-state index >= 15 is 0 Å². The summed E-state index contributed by atoms with van der Waals surface area (Å²) in [5, 5.41) is 8.68. The number of carbonyl (C=O) groups is 1. The summed E-state index contributed by atoms with van der Waals surface area (Å²) in [7, 11) is 0. The van der Waals surface area contributed by atoms with Crippen LogP contribution >= 0.6 is 11.8 Å². The van der Waals surface area contributed by atoms with Crippen LogP contribution in [-0.2, 0) is 11.2 Å². The number of rotatable bonds is 6. The highest BCUT2D eigenvalue weighted by Gasteiger charge is 2.18. The number of aliphatic carboxylic acids is 1. The fraction of sp³-hybridized carbons (Fsp3) is 0.231. The lowest BCUT2D eigenvalue weighted by Gasteiger charge is -2.11. The van der Waals surface area contributed by atoms with Gasteiger partial charge in [0.2, 0.25) is 5.89 Å². The van der Waals surface area contributed by atoms with Crippen LogP contribution in [0.15, 0.2) is 47.2 Å². The van der Waals surface area contributed by atoms with Gasteiger partial charge in [0.15, 0.2) is 0 Å². The van der Waals surface area contributed by atoms with E-state index in [9.17, 15) is 4.79 Å². The third-order valence-corrected chi connectivity index (χ3v) is 3.58. The Morgan fingerprint density at radius 2 is 2.17 bits per heavy atom. The fourth-order valence-electron chi connectivity index (χ4n) is 1.61. The van der Waals surface area contributed by atoms with Gasteiger partial charge in [-0.15, -0.1) is 11.8 Å². The molecule has 1 atom stereocenters. The summed E-state index contributed by atoms with van der Waals surface area (Å²) in [6, 6.07) is 9.90. The van der Waals surface area contributed by atoms with Gasteiger partial charge in [-0.25, -0.2) is 4.98 Å². The van der Waals surface area contributed by atoms with Crippen LogP contribution in [0.4, 0.5) is 0 Å². The summed E-state index contributed by atoms with van der Waals surface area (Å²) in [5.41, 5.74) is 1.14. The van der Waals surface area contributed by atoms with E-state index in [1.165, 1.54) is 18.0 Å². The molecular formula is C13H13NO3S. The van der Waals surface area contributed by atoms with Crippen molar-refractivity contribution in [3.8, 4) is 0 Å². The second-order valence-corrected chi connectivity index (χ2v) is 4.94. The van der Waals surface area contributed by atoms with Crippen LogP contribution in [0, 0.1) is 0 Å². The molecule has 2 rings (SSSR count). The zero-order chi connectivity index (χ0) is 12.8. The van der Waals surface area contributed by atoms with E-state index in [2.05, 4.69) is 4.98 Å². The molecule has 1 heterocycles. The molecule has 0 saturated heterocycles. The molecule has 94 valence electrons. The van der Waals surface area contributed by atoms with Gasteiger partial charge in [0, 0.05) is 0 Å². The SMILES string of the molecule is O=C(O)CSC(Cc1ccccc1)c1ncco1. The first-order chi connectivity index (χ1) is 8.75. The molecule has 0 aliphatic carbocycles. The van der Waals surface area contributed by atoms with E-state index in [-0.39, 0.29) is 11.0 Å². The summed E-state index contributed by atoms with van der Waals surface area (Å²) in [6.45, 7) is 0. The zero-order valence-electron chi connectivity index (χ0n) is 9.65. The molecule has 0 radical (unpaired) electrons. The third kappa shape index (κ3) is 3.63. The van der Waals surface area contributed by atoms with Gasteiger partial charge in [0.1, 0.15) is 6.26 Å². The molecule has 0 spiro atoms. The molecule has 0 aliphatic heterocycles. The van der Waals surface area contributed by atoms with Gasteiger partial charge in [-0.05, 0) is 12.0 Å². The minimum absolute atomic E-state index is 0.0415. The Morgan fingerprint density at radius 3 is 2.78 bits per heavy atom. The summed E-state index contributed by atoms with van der Waals surface area (Å²) in [6.07, 6.45) is 3.79. The van der Waals surface area contributed by atoms with Gasteiger partial charge >= 0.3 is 5.97 Å². The van der Waals surface area contributed by atoms with E-state index in [1.54, 1.807) is 6.20 Å². The first-order valence-electron chi connectivity index (χ1n) is 5.52. The number of aromatic nitrogens is 1. The van der Waals surface area contributed by atoms with E-state index < -0.39 is 5.97 Å². The average Bonchev–Trinajstić information content (AvgIpc) is 2.89. The van der Waals surface area contributed by atoms with Crippen molar-refractivity contribution < 1.29 is 14.3 Å². The maximum absolute atomic E-state index is 10.7. The predicted octanol–water partition coefficient (Wildman–Crippen LogP) is 2.78. The van der Waals surface area contributed by atoms with Crippen molar-refractivity contribution in [3.63, 3.8) is 0 Å². The molecule has 0 aliphatic rings. The van der Waals surface area contributed by atoms with Gasteiger partial charge < -0.3 is 9.52 Å². The van der Waals surface area contributed by atoms with Crippen LogP contribution in [0.5, 0.6) is 0 Å². The van der Waals surface area contributed by atoms with Crippen molar-refractivity contribution in [2.75, 3.05) is 5.75 Å². The van der Waals surface area contributed by atoms with Crippen molar-refractivity contribution in [1.82, 2.24) is 4.98 Å². The maximum Gasteiger partial charge on any atom is 0.313 e. The second kappa shape index (κ2) is 6.26. The predicted molar refractivity (Wildman–Crippen MR) is 69.5 cm³/mol. The highest BCUT2D eigenvalue weighted by Crippen LogP contribution is 2.31. The van der Waals surface area contributed by atoms with Gasteiger partial charge in [-0.2, -0.15) is 0 Å². The van der Waals surface area contributed by atoms with Gasteiger partial charge in [-0.1, -0.05) is 30.3 Å². The molecule has 0 saturated carbocycles. The molecule has 0 amide bonds. The van der Waals surface area contributed by atoms with Crippen molar-refractivity contribution in [1.29, 1.82) is 0 Å². The summed E-state index contributed by atoms with van der Waals surface area (Å²) < 4.78 is 5.28. The minimum Gasteiger partial charge on any atom is -0.481 e. The van der Waals surface area contributed by atoms with Crippen LogP contribution in [0.1, 0.15) is 16.7 Å². The Morgan fingerprint density at radius 1 is 1.39 bits per heavy atom. The van der Waals surface area contributed by atoms with Crippen molar-refractivity contribution in [2.45, 2.75) is 11.7 Å². The highest BCUT2D eigenvalue weighted by molar-refractivity contribution is 8.00. The number of carboxylic acids is 1. The van der Waals surface area contributed by atoms with E-state index in [4.69, 9.17) is 9.52 Å². The Hall–Kier alpha value is -1.75. The van der Waals surface area contributed by atoms with E-state index in [0.29, 0.717) is 12.3 Å². The van der Waals surface area contributed by atoms with Crippen LogP contribution in [-0.4, -0.2) is 21.8 Å². The molecule has 0 fully saturated rings. The molecule has 5 heteroatoms. The smallest absolute Gasteiger partial charge is 0.313 e. The molecule has 1 aromatic heterocycles. The van der Waals surface area contributed by atoms with Crippen LogP contribution in [0.3, 0.4) is 0 Å². The second-order valence-electron chi connectivity index (χ2n) is 3.75. The Balaban J connectivity index is 2.07. The topological polar surface area (TPSA) is 63.3 Å². The minimum atomic E-state index is -0.829. The van der Waals surface area contributed by atoms with Gasteiger partial charge in [0.25, 0.3) is 0 Å². The molecule has 0 bridgehead atoms. The molecular weight excluding hydrogens is 250 g/mol. The van der Waals surface area contributed by atoms with Crippen LogP contribution in [0.2, 0.25) is 0 Å². The van der Waals surface area contributed by atoms with E-state index in [0.717, 1.165) is 5.56 Å². The number of nitrogens with zero attached hydrogens (tertiary/aromatic N) is 1. The fourth-order valence-corrected chi connectivity index (χ4v) is 2.52. The summed E-state index contributed by atoms with van der Waals surface area (Å²) in [5.74, 6) is -0.213. The Kier molecular flexibility index (Phi) is 4.41. The Bertz CT molecular complexity index is 484. The number of carboxylic acid groups (broad SMARTS) is 1. The molecule has 18 heavy (non-hydrogen) atoms. The quantitative estimate of drug-likeness (QED) is 0.868. The lowest BCUT2D eigenvalue weighted by Crippen LogP contribution is -2.05. The molecule has 1 aromatic carbocycles. The number of thioether (sulfide) groups is 1. The maximum atomic E-state index is 10.7. The monoisotopic (exact) mass is 263 g/mol. The standard InChI is InChI=1S/C13H13NO3S/c15-12(16)9-18-11(13-14-6-7-17-13)8-10-4-2-1-3-5-10/h1-7,11H,8-9H2,(H,15,16). The largest absolute Gasteiger partial charge is 0.481 e. The molecule has 1 N–H and O–H groups in total. The molecule has 4 nitrogen and oxygen atoms in total. The van der Waals surface area contributed by atoms with E-state index in [1.807, 2.05) is 30.3 Å². The average molecular weight is 263 g/mol. The zero-order valence-corrected chi connectivity index (χ0v) is 10.5.